The van der Waals surface area contributed by atoms with Crippen molar-refractivity contribution in [3.8, 4) is 0 Å². The Morgan fingerprint density at radius 2 is 2.08 bits per heavy atom. The van der Waals surface area contributed by atoms with Crippen molar-refractivity contribution in [3.05, 3.63) is 29.8 Å². The number of piperidine rings is 1. The molecule has 144 valence electrons. The molecule has 1 N–H and O–H groups in total. The first kappa shape index (κ1) is 20.4. The maximum Gasteiger partial charge on any atom is 0.313 e. The van der Waals surface area contributed by atoms with E-state index in [1.165, 1.54) is 24.1 Å². The fourth-order valence-corrected chi connectivity index (χ4v) is 4.23. The predicted octanol–water partition coefficient (Wildman–Crippen LogP) is 1.36. The van der Waals surface area contributed by atoms with Crippen molar-refractivity contribution in [2.45, 2.75) is 31.1 Å². The molecule has 1 fully saturated rings. The maximum atomic E-state index is 12.7. The molecule has 0 radical (unpaired) electrons. The molecular formula is C18H25NO6S. The van der Waals surface area contributed by atoms with Gasteiger partial charge in [-0.3, -0.25) is 9.59 Å². The van der Waals surface area contributed by atoms with Crippen LogP contribution in [0.15, 0.2) is 29.2 Å². The van der Waals surface area contributed by atoms with E-state index in [9.17, 15) is 23.1 Å². The highest BCUT2D eigenvalue weighted by molar-refractivity contribution is 7.91. The second-order valence-corrected chi connectivity index (χ2v) is 8.94. The highest BCUT2D eigenvalue weighted by Gasteiger charge is 2.43. The van der Waals surface area contributed by atoms with Gasteiger partial charge in [0.05, 0.1) is 23.7 Å². The zero-order chi connectivity index (χ0) is 19.4. The lowest BCUT2D eigenvalue weighted by Crippen LogP contribution is -2.52. The summed E-state index contributed by atoms with van der Waals surface area (Å²) in [6.07, 6.45) is 1.09. The number of hydrogen-bond acceptors (Lipinski definition) is 5. The third-order valence-corrected chi connectivity index (χ3v) is 6.53. The molecule has 0 saturated carbocycles. The van der Waals surface area contributed by atoms with Crippen LogP contribution in [0, 0.1) is 5.41 Å². The molecule has 8 heteroatoms. The number of carboxylic acids is 1. The number of nitrogens with zero attached hydrogens (tertiary/aromatic N) is 1. The van der Waals surface area contributed by atoms with Gasteiger partial charge in [0, 0.05) is 20.2 Å². The topological polar surface area (TPSA) is 101 Å². The lowest BCUT2D eigenvalue weighted by atomic mass is 9.80. The number of sulfone groups is 1. The molecule has 0 aromatic heterocycles. The largest absolute Gasteiger partial charge is 0.481 e. The third kappa shape index (κ3) is 4.42. The van der Waals surface area contributed by atoms with Crippen LogP contribution in [0.3, 0.4) is 0 Å². The summed E-state index contributed by atoms with van der Waals surface area (Å²) >= 11 is 0. The number of benzene rings is 1. The van der Waals surface area contributed by atoms with Crippen LogP contribution >= 0.6 is 0 Å². The predicted molar refractivity (Wildman–Crippen MR) is 95.6 cm³/mol. The second kappa shape index (κ2) is 8.18. The van der Waals surface area contributed by atoms with E-state index in [-0.39, 0.29) is 36.1 Å². The lowest BCUT2D eigenvalue weighted by molar-refractivity contribution is -0.159. The summed E-state index contributed by atoms with van der Waals surface area (Å²) in [6, 6.07) is 6.35. The number of rotatable bonds is 7. The number of carbonyl (C=O) groups is 2. The number of amides is 1. The zero-order valence-electron chi connectivity index (χ0n) is 15.1. The normalized spacial score (nSPS) is 20.8. The van der Waals surface area contributed by atoms with E-state index >= 15 is 0 Å². The van der Waals surface area contributed by atoms with Crippen molar-refractivity contribution in [1.82, 2.24) is 4.90 Å². The Morgan fingerprint density at radius 1 is 1.35 bits per heavy atom. The minimum atomic E-state index is -3.34. The molecule has 0 aliphatic carbocycles. The first-order chi connectivity index (χ1) is 12.2. The Labute approximate surface area is 153 Å². The van der Waals surface area contributed by atoms with Gasteiger partial charge in [-0.05, 0) is 30.5 Å². The van der Waals surface area contributed by atoms with Crippen LogP contribution in [-0.2, 0) is 30.6 Å². The summed E-state index contributed by atoms with van der Waals surface area (Å²) in [5, 5.41) is 9.58. The van der Waals surface area contributed by atoms with E-state index in [1.807, 2.05) is 0 Å². The van der Waals surface area contributed by atoms with E-state index in [0.717, 1.165) is 0 Å². The number of hydrogen-bond donors (Lipinski definition) is 1. The molecule has 26 heavy (non-hydrogen) atoms. The summed E-state index contributed by atoms with van der Waals surface area (Å²) in [4.78, 5) is 26.1. The summed E-state index contributed by atoms with van der Waals surface area (Å²) in [5.74, 6) is -1.18. The molecule has 1 aromatic carbocycles. The van der Waals surface area contributed by atoms with E-state index in [4.69, 9.17) is 4.74 Å². The second-order valence-electron chi connectivity index (χ2n) is 6.66. The summed E-state index contributed by atoms with van der Waals surface area (Å²) in [7, 11) is -1.89. The van der Waals surface area contributed by atoms with Gasteiger partial charge in [-0.1, -0.05) is 19.1 Å². The van der Waals surface area contributed by atoms with Crippen molar-refractivity contribution < 1.29 is 27.9 Å². The molecule has 1 atom stereocenters. The first-order valence-corrected chi connectivity index (χ1v) is 10.2. The van der Waals surface area contributed by atoms with Gasteiger partial charge in [0.1, 0.15) is 5.41 Å². The number of likely N-dealkylation sites (tertiary alicyclic amines) is 1. The van der Waals surface area contributed by atoms with Crippen molar-refractivity contribution >= 4 is 21.7 Å². The minimum Gasteiger partial charge on any atom is -0.481 e. The molecule has 1 amide bonds. The molecule has 0 spiro atoms. The average Bonchev–Trinajstić information content (AvgIpc) is 2.62. The Kier molecular flexibility index (Phi) is 6.41. The van der Waals surface area contributed by atoms with Crippen molar-refractivity contribution in [2.24, 2.45) is 5.41 Å². The highest BCUT2D eigenvalue weighted by Crippen LogP contribution is 2.31. The molecule has 0 bridgehead atoms. The van der Waals surface area contributed by atoms with Crippen LogP contribution in [0.25, 0.3) is 0 Å². The van der Waals surface area contributed by atoms with Crippen LogP contribution in [-0.4, -0.2) is 62.9 Å². The van der Waals surface area contributed by atoms with Crippen LogP contribution in [0.4, 0.5) is 0 Å². The van der Waals surface area contributed by atoms with Gasteiger partial charge < -0.3 is 14.7 Å². The number of ether oxygens (including phenoxy) is 1. The van der Waals surface area contributed by atoms with Gasteiger partial charge in [-0.2, -0.15) is 0 Å². The SMILES string of the molecule is CCS(=O)(=O)c1cccc(CC(=O)N2CCCC(COC)(C(=O)O)C2)c1. The standard InChI is InChI=1S/C18H25NO6S/c1-3-26(23,24)15-7-4-6-14(10-15)11-16(20)19-9-5-8-18(12-19,13-25-2)17(21)22/h4,6-7,10H,3,5,8-9,11-13H2,1-2H3,(H,21,22). The quantitative estimate of drug-likeness (QED) is 0.763. The Balaban J connectivity index is 2.15. The van der Waals surface area contributed by atoms with Crippen molar-refractivity contribution in [3.63, 3.8) is 0 Å². The Hall–Kier alpha value is -1.93. The lowest BCUT2D eigenvalue weighted by Gasteiger charge is -2.39. The monoisotopic (exact) mass is 383 g/mol. The summed E-state index contributed by atoms with van der Waals surface area (Å²) < 4.78 is 29.1. The molecular weight excluding hydrogens is 358 g/mol. The van der Waals surface area contributed by atoms with Crippen LogP contribution in [0.5, 0.6) is 0 Å². The molecule has 1 aliphatic rings. The summed E-state index contributed by atoms with van der Waals surface area (Å²) in [5.41, 5.74) is -0.487. The molecule has 1 heterocycles. The smallest absolute Gasteiger partial charge is 0.313 e. The van der Waals surface area contributed by atoms with Gasteiger partial charge in [-0.15, -0.1) is 0 Å². The Morgan fingerprint density at radius 3 is 2.69 bits per heavy atom. The van der Waals surface area contributed by atoms with Crippen molar-refractivity contribution in [1.29, 1.82) is 0 Å². The van der Waals surface area contributed by atoms with Crippen LogP contribution < -0.4 is 0 Å². The minimum absolute atomic E-state index is 0.00528. The molecule has 2 rings (SSSR count). The third-order valence-electron chi connectivity index (χ3n) is 4.80. The van der Waals surface area contributed by atoms with E-state index in [2.05, 4.69) is 0 Å². The van der Waals surface area contributed by atoms with Gasteiger partial charge in [-0.25, -0.2) is 8.42 Å². The average molecular weight is 383 g/mol. The van der Waals surface area contributed by atoms with Crippen LogP contribution in [0.2, 0.25) is 0 Å². The molecule has 1 saturated heterocycles. The van der Waals surface area contributed by atoms with E-state index < -0.39 is 21.2 Å². The molecule has 1 aromatic rings. The zero-order valence-corrected chi connectivity index (χ0v) is 15.9. The van der Waals surface area contributed by atoms with Gasteiger partial charge in [0.25, 0.3) is 0 Å². The highest BCUT2D eigenvalue weighted by atomic mass is 32.2. The van der Waals surface area contributed by atoms with Crippen molar-refractivity contribution in [2.75, 3.05) is 32.6 Å². The molecule has 1 aliphatic heterocycles. The maximum absolute atomic E-state index is 12.7. The molecule has 7 nitrogen and oxygen atoms in total. The number of carboxylic acid groups (broad SMARTS) is 1. The van der Waals surface area contributed by atoms with Gasteiger partial charge in [0.15, 0.2) is 9.84 Å². The van der Waals surface area contributed by atoms with Crippen LogP contribution in [0.1, 0.15) is 25.3 Å². The number of carbonyl (C=O) groups excluding carboxylic acids is 1. The number of methoxy groups -OCH3 is 1. The fraction of sp³-hybridized carbons (Fsp3) is 0.556. The first-order valence-electron chi connectivity index (χ1n) is 8.56. The van der Waals surface area contributed by atoms with E-state index in [0.29, 0.717) is 24.9 Å². The fourth-order valence-electron chi connectivity index (χ4n) is 3.28. The van der Waals surface area contributed by atoms with Gasteiger partial charge in [0.2, 0.25) is 5.91 Å². The summed E-state index contributed by atoms with van der Waals surface area (Å²) in [6.45, 7) is 2.21. The van der Waals surface area contributed by atoms with E-state index in [1.54, 1.807) is 19.1 Å². The van der Waals surface area contributed by atoms with Gasteiger partial charge >= 0.3 is 5.97 Å². The number of aliphatic carboxylic acids is 1. The Bertz CT molecular complexity index is 772. The molecule has 1 unspecified atom stereocenters.